The van der Waals surface area contributed by atoms with E-state index in [9.17, 15) is 35.1 Å². The third-order valence-corrected chi connectivity index (χ3v) is 0.695. The van der Waals surface area contributed by atoms with Crippen LogP contribution in [-0.4, -0.2) is 19.5 Å². The van der Waals surface area contributed by atoms with Crippen molar-refractivity contribution in [3.8, 4) is 0 Å². The number of rotatable bonds is 3. The number of ether oxygens (including phenoxy) is 1. The van der Waals surface area contributed by atoms with Gasteiger partial charge in [-0.25, -0.2) is 8.78 Å². The van der Waals surface area contributed by atoms with Crippen LogP contribution in [0.1, 0.15) is 0 Å². The standard InChI is InChI=1S/C5H4F4O.C2H2F4/c6-2-1-3-10-5(9)4(7)8;3-1-2(4,5)6/h1-2H,3H2;1H2. The first-order chi connectivity index (χ1) is 7.24. The monoisotopic (exact) mass is 258 g/mol. The molecule has 0 saturated carbocycles. The van der Waals surface area contributed by atoms with E-state index in [1.807, 2.05) is 0 Å². The Balaban J connectivity index is 0. The first-order valence-electron chi connectivity index (χ1n) is 3.46. The molecule has 0 unspecified atom stereocenters. The van der Waals surface area contributed by atoms with Crippen LogP contribution in [0.4, 0.5) is 35.1 Å². The zero-order chi connectivity index (χ0) is 13.2. The second kappa shape index (κ2) is 8.98. The fourth-order valence-corrected chi connectivity index (χ4v) is 0.212. The highest BCUT2D eigenvalue weighted by Crippen LogP contribution is 2.13. The molecule has 0 amide bonds. The van der Waals surface area contributed by atoms with Crippen LogP contribution in [0, 0.1) is 0 Å². The minimum Gasteiger partial charge on any atom is -0.463 e. The van der Waals surface area contributed by atoms with Gasteiger partial charge in [-0.2, -0.15) is 26.3 Å². The zero-order valence-corrected chi connectivity index (χ0v) is 7.50. The molecule has 0 heterocycles. The average molecular weight is 258 g/mol. The number of hydrogen-bond donors (Lipinski definition) is 0. The van der Waals surface area contributed by atoms with Crippen molar-refractivity contribution < 1.29 is 39.9 Å². The lowest BCUT2D eigenvalue weighted by molar-refractivity contribution is -0.142. The Labute approximate surface area is 85.0 Å². The van der Waals surface area contributed by atoms with Gasteiger partial charge in [0.05, 0.1) is 6.33 Å². The minimum absolute atomic E-state index is 0.0728. The lowest BCUT2D eigenvalue weighted by Gasteiger charge is -1.94. The van der Waals surface area contributed by atoms with Crippen LogP contribution in [0.15, 0.2) is 24.5 Å². The van der Waals surface area contributed by atoms with E-state index in [-0.39, 0.29) is 6.33 Å². The maximum absolute atomic E-state index is 11.6. The molecule has 0 aliphatic heterocycles. The topological polar surface area (TPSA) is 9.23 Å². The van der Waals surface area contributed by atoms with Gasteiger partial charge in [-0.1, -0.05) is 0 Å². The van der Waals surface area contributed by atoms with Crippen LogP contribution < -0.4 is 0 Å². The lowest BCUT2D eigenvalue weighted by atomic mass is 10.7. The van der Waals surface area contributed by atoms with Crippen molar-refractivity contribution in [3.05, 3.63) is 24.5 Å². The number of alkyl halides is 4. The van der Waals surface area contributed by atoms with Gasteiger partial charge in [0.2, 0.25) is 0 Å². The Morgan fingerprint density at radius 3 is 1.81 bits per heavy atom. The summed E-state index contributed by atoms with van der Waals surface area (Å²) in [7, 11) is 0. The van der Waals surface area contributed by atoms with Gasteiger partial charge in [0, 0.05) is 0 Å². The van der Waals surface area contributed by atoms with Crippen molar-refractivity contribution >= 4 is 0 Å². The van der Waals surface area contributed by atoms with Crippen molar-refractivity contribution in [2.24, 2.45) is 0 Å². The third kappa shape index (κ3) is 15.2. The van der Waals surface area contributed by atoms with E-state index in [0.29, 0.717) is 0 Å². The van der Waals surface area contributed by atoms with Gasteiger partial charge < -0.3 is 4.74 Å². The second-order valence-corrected chi connectivity index (χ2v) is 1.96. The zero-order valence-electron chi connectivity index (χ0n) is 7.50. The minimum atomic E-state index is -4.62. The first-order valence-corrected chi connectivity index (χ1v) is 3.46. The predicted molar refractivity (Wildman–Crippen MR) is 38.6 cm³/mol. The smallest absolute Gasteiger partial charge is 0.416 e. The molecule has 0 aromatic carbocycles. The average Bonchev–Trinajstić information content (AvgIpc) is 2.17. The molecule has 0 aromatic rings. The van der Waals surface area contributed by atoms with Gasteiger partial charge in [-0.3, -0.25) is 0 Å². The van der Waals surface area contributed by atoms with E-state index in [0.717, 1.165) is 6.08 Å². The van der Waals surface area contributed by atoms with E-state index in [1.54, 1.807) is 0 Å². The van der Waals surface area contributed by atoms with Crippen LogP contribution in [0.2, 0.25) is 0 Å². The van der Waals surface area contributed by atoms with Crippen LogP contribution in [-0.2, 0) is 4.74 Å². The van der Waals surface area contributed by atoms with Gasteiger partial charge in [0.1, 0.15) is 6.61 Å². The molecule has 0 saturated heterocycles. The first kappa shape index (κ1) is 17.1. The summed E-state index contributed by atoms with van der Waals surface area (Å²) in [5, 5.41) is 0. The van der Waals surface area contributed by atoms with Crippen molar-refractivity contribution in [3.63, 3.8) is 0 Å². The quantitative estimate of drug-likeness (QED) is 0.548. The molecule has 0 aliphatic carbocycles. The second-order valence-electron chi connectivity index (χ2n) is 1.96. The largest absolute Gasteiger partial charge is 0.463 e. The molecule has 0 aromatic heterocycles. The molecular weight excluding hydrogens is 252 g/mol. The van der Waals surface area contributed by atoms with Gasteiger partial charge in [0.25, 0.3) is 0 Å². The highest BCUT2D eigenvalue weighted by atomic mass is 19.4. The molecule has 0 radical (unpaired) electrons. The van der Waals surface area contributed by atoms with E-state index in [2.05, 4.69) is 4.74 Å². The van der Waals surface area contributed by atoms with Gasteiger partial charge in [0.15, 0.2) is 6.67 Å². The molecule has 16 heavy (non-hydrogen) atoms. The third-order valence-electron chi connectivity index (χ3n) is 0.695. The molecule has 0 bridgehead atoms. The summed E-state index contributed by atoms with van der Waals surface area (Å²) >= 11 is 0. The Morgan fingerprint density at radius 2 is 1.56 bits per heavy atom. The number of hydrogen-bond acceptors (Lipinski definition) is 1. The molecular formula is C7H6F8O. The van der Waals surface area contributed by atoms with E-state index < -0.39 is 31.6 Å². The van der Waals surface area contributed by atoms with Crippen LogP contribution in [0.25, 0.3) is 0 Å². The van der Waals surface area contributed by atoms with Gasteiger partial charge in [-0.15, -0.1) is 0 Å². The highest BCUT2D eigenvalue weighted by molar-refractivity contribution is 4.83. The maximum Gasteiger partial charge on any atom is 0.416 e. The highest BCUT2D eigenvalue weighted by Gasteiger charge is 2.26. The molecule has 0 spiro atoms. The molecule has 96 valence electrons. The summed E-state index contributed by atoms with van der Waals surface area (Å²) in [6, 6.07) is -1.97. The molecule has 0 rings (SSSR count). The summed E-state index contributed by atoms with van der Waals surface area (Å²) in [4.78, 5) is 0. The summed E-state index contributed by atoms with van der Waals surface area (Å²) in [5.74, 6) is 0. The lowest BCUT2D eigenvalue weighted by Crippen LogP contribution is -2.08. The molecule has 0 atom stereocenters. The fourth-order valence-electron chi connectivity index (χ4n) is 0.212. The van der Waals surface area contributed by atoms with Crippen molar-refractivity contribution in [1.82, 2.24) is 0 Å². The van der Waals surface area contributed by atoms with E-state index >= 15 is 0 Å². The predicted octanol–water partition coefficient (Wildman–Crippen LogP) is 4.04. The van der Waals surface area contributed by atoms with Gasteiger partial charge in [-0.05, 0) is 6.08 Å². The molecule has 0 fully saturated rings. The van der Waals surface area contributed by atoms with Crippen molar-refractivity contribution in [2.45, 2.75) is 6.18 Å². The van der Waals surface area contributed by atoms with Gasteiger partial charge >= 0.3 is 18.3 Å². The summed E-state index contributed by atoms with van der Waals surface area (Å²) in [6.45, 7) is -2.77. The summed E-state index contributed by atoms with van der Waals surface area (Å²) < 4.78 is 90.2. The van der Waals surface area contributed by atoms with Crippen molar-refractivity contribution in [1.29, 1.82) is 0 Å². The van der Waals surface area contributed by atoms with Crippen molar-refractivity contribution in [2.75, 3.05) is 13.3 Å². The van der Waals surface area contributed by atoms with Crippen LogP contribution in [0.5, 0.6) is 0 Å². The Morgan fingerprint density at radius 1 is 1.12 bits per heavy atom. The Hall–Kier alpha value is -1.28. The number of halogens is 8. The Kier molecular flexibility index (Phi) is 9.61. The van der Waals surface area contributed by atoms with Crippen LogP contribution in [0.3, 0.4) is 0 Å². The molecule has 1 nitrogen and oxygen atoms in total. The van der Waals surface area contributed by atoms with E-state index in [4.69, 9.17) is 0 Å². The Bertz CT molecular complexity index is 227. The summed E-state index contributed by atoms with van der Waals surface area (Å²) in [5.41, 5.74) is 0. The molecule has 9 heteroatoms. The van der Waals surface area contributed by atoms with Crippen LogP contribution >= 0.6 is 0 Å². The maximum atomic E-state index is 11.6. The fraction of sp³-hybridized carbons (Fsp3) is 0.429. The van der Waals surface area contributed by atoms with E-state index in [1.165, 1.54) is 0 Å². The molecule has 0 N–H and O–H groups in total. The normalized spacial score (nSPS) is 10.8. The summed E-state index contributed by atoms with van der Waals surface area (Å²) in [6.07, 6.45) is -6.35. The SMILES string of the molecule is FC=CCOC(F)=C(F)F.FCC(F)(F)F. The molecule has 0 aliphatic rings.